The van der Waals surface area contributed by atoms with Gasteiger partial charge in [-0.3, -0.25) is 0 Å². The first kappa shape index (κ1) is 10.3. The van der Waals surface area contributed by atoms with Gasteiger partial charge in [0.15, 0.2) is 0 Å². The van der Waals surface area contributed by atoms with Gasteiger partial charge in [0.25, 0.3) is 0 Å². The Bertz CT molecular complexity index is 469. The van der Waals surface area contributed by atoms with Crippen molar-refractivity contribution in [3.63, 3.8) is 0 Å². The van der Waals surface area contributed by atoms with Crippen LogP contribution in [0.15, 0.2) is 35.5 Å². The van der Waals surface area contributed by atoms with Gasteiger partial charge < -0.3 is 9.94 Å². The fraction of sp³-hybridized carbons (Fsp3) is 0.385. The normalized spacial score (nSPS) is 28.7. The van der Waals surface area contributed by atoms with E-state index in [1.54, 1.807) is 6.21 Å². The molecule has 0 saturated heterocycles. The number of hydrogen-bond donors (Lipinski definition) is 1. The second kappa shape index (κ2) is 3.32. The molecule has 1 fully saturated rings. The first-order valence-electron chi connectivity index (χ1n) is 5.70. The first-order chi connectivity index (χ1) is 8.21. The Balaban J connectivity index is 2.06. The molecule has 1 N–H and O–H groups in total. The molecule has 1 saturated carbocycles. The van der Waals surface area contributed by atoms with Gasteiger partial charge in [-0.15, -0.1) is 0 Å². The van der Waals surface area contributed by atoms with Gasteiger partial charge in [-0.1, -0.05) is 35.5 Å². The number of oxime groups is 1. The Morgan fingerprint density at radius 1 is 1.29 bits per heavy atom. The van der Waals surface area contributed by atoms with Crippen LogP contribution in [0, 0.1) is 0 Å². The molecule has 0 aromatic heterocycles. The summed E-state index contributed by atoms with van der Waals surface area (Å²) in [6.45, 7) is 0. The predicted octanol–water partition coefficient (Wildman–Crippen LogP) is 1.95. The molecule has 4 heteroatoms. The van der Waals surface area contributed by atoms with Crippen LogP contribution < -0.4 is 0 Å². The van der Waals surface area contributed by atoms with Crippen LogP contribution in [0.4, 0.5) is 0 Å². The maximum atomic E-state index is 11.6. The number of nitrogens with zero attached hydrogens (tertiary/aromatic N) is 1. The van der Waals surface area contributed by atoms with E-state index in [-0.39, 0.29) is 0 Å². The van der Waals surface area contributed by atoms with Crippen LogP contribution in [0.3, 0.4) is 0 Å². The van der Waals surface area contributed by atoms with E-state index < -0.39 is 17.0 Å². The summed E-state index contributed by atoms with van der Waals surface area (Å²) in [6.07, 6.45) is 3.58. The second-order valence-corrected chi connectivity index (χ2v) is 4.66. The zero-order valence-electron chi connectivity index (χ0n) is 9.30. The average Bonchev–Trinajstić information content (AvgIpc) is 3.01. The number of carbonyl (C=O) groups is 1. The largest absolute Gasteiger partial charge is 0.478 e. The molecule has 1 aromatic carbocycles. The highest BCUT2D eigenvalue weighted by Gasteiger charge is 2.68. The molecule has 3 rings (SSSR count). The van der Waals surface area contributed by atoms with E-state index in [1.807, 2.05) is 30.3 Å². The third-order valence-corrected chi connectivity index (χ3v) is 3.86. The molecule has 0 bridgehead atoms. The van der Waals surface area contributed by atoms with Crippen molar-refractivity contribution in [3.8, 4) is 0 Å². The minimum absolute atomic E-state index is 0.344. The third-order valence-electron chi connectivity index (χ3n) is 3.86. The molecular weight excluding hydrogens is 218 g/mol. The van der Waals surface area contributed by atoms with Gasteiger partial charge in [-0.05, 0) is 18.4 Å². The Labute approximate surface area is 98.9 Å². The van der Waals surface area contributed by atoms with E-state index in [0.717, 1.165) is 18.4 Å². The van der Waals surface area contributed by atoms with Crippen LogP contribution in [-0.4, -0.2) is 22.9 Å². The van der Waals surface area contributed by atoms with E-state index in [4.69, 9.17) is 4.84 Å². The number of carboxylic acid groups (broad SMARTS) is 1. The fourth-order valence-electron chi connectivity index (χ4n) is 2.75. The Kier molecular flexibility index (Phi) is 2.02. The lowest BCUT2D eigenvalue weighted by Gasteiger charge is -2.31. The van der Waals surface area contributed by atoms with Crippen LogP contribution in [0.5, 0.6) is 0 Å². The molecule has 1 heterocycles. The molecule has 1 aliphatic heterocycles. The second-order valence-electron chi connectivity index (χ2n) is 4.66. The summed E-state index contributed by atoms with van der Waals surface area (Å²) >= 11 is 0. The van der Waals surface area contributed by atoms with E-state index in [9.17, 15) is 9.90 Å². The van der Waals surface area contributed by atoms with Gasteiger partial charge in [-0.2, -0.15) is 0 Å². The minimum atomic E-state index is -1.20. The Hall–Kier alpha value is -1.84. The van der Waals surface area contributed by atoms with Gasteiger partial charge in [-0.25, -0.2) is 4.79 Å². The van der Waals surface area contributed by atoms with Crippen molar-refractivity contribution in [2.24, 2.45) is 5.16 Å². The van der Waals surface area contributed by atoms with Crippen molar-refractivity contribution in [3.05, 3.63) is 35.9 Å². The lowest BCUT2D eigenvalue weighted by molar-refractivity contribution is -0.167. The van der Waals surface area contributed by atoms with Gasteiger partial charge in [0.2, 0.25) is 5.60 Å². The van der Waals surface area contributed by atoms with Gasteiger partial charge in [0.1, 0.15) is 0 Å². The quantitative estimate of drug-likeness (QED) is 0.864. The lowest BCUT2D eigenvalue weighted by Crippen LogP contribution is -2.49. The number of hydrogen-bond acceptors (Lipinski definition) is 3. The summed E-state index contributed by atoms with van der Waals surface area (Å²) in [5, 5.41) is 13.2. The fourth-order valence-corrected chi connectivity index (χ4v) is 2.75. The highest BCUT2D eigenvalue weighted by Crippen LogP contribution is 2.59. The highest BCUT2D eigenvalue weighted by molar-refractivity contribution is 5.86. The van der Waals surface area contributed by atoms with Crippen LogP contribution >= 0.6 is 0 Å². The maximum absolute atomic E-state index is 11.6. The van der Waals surface area contributed by atoms with Crippen LogP contribution in [0.1, 0.15) is 24.8 Å². The van der Waals surface area contributed by atoms with Crippen molar-refractivity contribution in [1.82, 2.24) is 0 Å². The third kappa shape index (κ3) is 1.24. The number of rotatable bonds is 3. The van der Waals surface area contributed by atoms with E-state index >= 15 is 0 Å². The molecule has 88 valence electrons. The number of benzene rings is 1. The van der Waals surface area contributed by atoms with E-state index in [1.165, 1.54) is 0 Å². The summed E-state index contributed by atoms with van der Waals surface area (Å²) in [4.78, 5) is 16.8. The predicted molar refractivity (Wildman–Crippen MR) is 61.9 cm³/mol. The van der Waals surface area contributed by atoms with E-state index in [0.29, 0.717) is 6.42 Å². The zero-order valence-corrected chi connectivity index (χ0v) is 9.30. The molecular formula is C13H13NO3. The van der Waals surface area contributed by atoms with E-state index in [2.05, 4.69) is 5.16 Å². The van der Waals surface area contributed by atoms with Crippen molar-refractivity contribution < 1.29 is 14.7 Å². The molecule has 4 nitrogen and oxygen atoms in total. The molecule has 0 radical (unpaired) electrons. The van der Waals surface area contributed by atoms with Crippen molar-refractivity contribution in [2.75, 3.05) is 0 Å². The summed E-state index contributed by atoms with van der Waals surface area (Å²) in [7, 11) is 0. The minimum Gasteiger partial charge on any atom is -0.478 e. The number of aliphatic carboxylic acids is 1. The molecule has 1 aromatic rings. The van der Waals surface area contributed by atoms with Gasteiger partial charge >= 0.3 is 5.97 Å². The lowest BCUT2D eigenvalue weighted by atomic mass is 9.77. The standard InChI is InChI=1S/C13H13NO3/c15-11(16)13(8-9-14-17-13)12(6-7-12)10-4-2-1-3-5-10/h1-5,9H,6-8H2,(H,15,16). The highest BCUT2D eigenvalue weighted by atomic mass is 16.7. The smallest absolute Gasteiger partial charge is 0.352 e. The molecule has 1 atom stereocenters. The van der Waals surface area contributed by atoms with Gasteiger partial charge in [0.05, 0.1) is 0 Å². The first-order valence-corrected chi connectivity index (χ1v) is 5.70. The van der Waals surface area contributed by atoms with Crippen LogP contribution in [-0.2, 0) is 15.0 Å². The van der Waals surface area contributed by atoms with Crippen molar-refractivity contribution in [1.29, 1.82) is 0 Å². The van der Waals surface area contributed by atoms with Crippen molar-refractivity contribution >= 4 is 12.2 Å². The van der Waals surface area contributed by atoms with Crippen molar-refractivity contribution in [2.45, 2.75) is 30.3 Å². The number of carboxylic acids is 1. The topological polar surface area (TPSA) is 58.9 Å². The monoisotopic (exact) mass is 231 g/mol. The molecule has 1 unspecified atom stereocenters. The average molecular weight is 231 g/mol. The Morgan fingerprint density at radius 3 is 2.47 bits per heavy atom. The molecule has 1 aliphatic carbocycles. The summed E-state index contributed by atoms with van der Waals surface area (Å²) in [5.74, 6) is -0.920. The zero-order chi connectivity index (χ0) is 11.9. The SMILES string of the molecule is O=C(O)C1(C2(c3ccccc3)CC2)CC=NO1. The Morgan fingerprint density at radius 2 is 2.00 bits per heavy atom. The molecule has 0 spiro atoms. The summed E-state index contributed by atoms with van der Waals surface area (Å²) in [6, 6.07) is 9.74. The van der Waals surface area contributed by atoms with Crippen LogP contribution in [0.2, 0.25) is 0 Å². The maximum Gasteiger partial charge on any atom is 0.352 e. The summed E-state index contributed by atoms with van der Waals surface area (Å²) < 4.78 is 0. The van der Waals surface area contributed by atoms with Crippen LogP contribution in [0.25, 0.3) is 0 Å². The molecule has 2 aliphatic rings. The summed E-state index contributed by atoms with van der Waals surface area (Å²) in [5.41, 5.74) is -0.571. The molecule has 0 amide bonds. The van der Waals surface area contributed by atoms with Gasteiger partial charge in [0, 0.05) is 18.1 Å². The molecule has 17 heavy (non-hydrogen) atoms.